The van der Waals surface area contributed by atoms with Crippen LogP contribution in [-0.4, -0.2) is 15.7 Å². The van der Waals surface area contributed by atoms with Crippen LogP contribution in [0.25, 0.3) is 11.0 Å². The van der Waals surface area contributed by atoms with E-state index in [1.165, 1.54) is 0 Å². The lowest BCUT2D eigenvalue weighted by Crippen LogP contribution is -1.75. The lowest BCUT2D eigenvalue weighted by molar-refractivity contribution is 1.08. The fourth-order valence-corrected chi connectivity index (χ4v) is 1.67. The van der Waals surface area contributed by atoms with Crippen LogP contribution in [0.5, 0.6) is 0 Å². The van der Waals surface area contributed by atoms with Crippen LogP contribution in [0, 0.1) is 12.3 Å². The normalized spacial score (nSPS) is 10.1. The van der Waals surface area contributed by atoms with Crippen molar-refractivity contribution in [3.05, 3.63) is 24.3 Å². The minimum absolute atomic E-state index is 0.653. The maximum absolute atomic E-state index is 5.16. The zero-order chi connectivity index (χ0) is 9.10. The smallest absolute Gasteiger partial charge is 0.167 e. The lowest BCUT2D eigenvalue weighted by Gasteiger charge is -1.86. The van der Waals surface area contributed by atoms with Crippen LogP contribution in [0.3, 0.4) is 0 Å². The summed E-state index contributed by atoms with van der Waals surface area (Å²) in [4.78, 5) is 7.55. The van der Waals surface area contributed by atoms with Gasteiger partial charge in [0, 0.05) is 0 Å². The Morgan fingerprint density at radius 2 is 2.31 bits per heavy atom. The molecule has 64 valence electrons. The van der Waals surface area contributed by atoms with Gasteiger partial charge in [0.25, 0.3) is 0 Å². The molecular formula is C10H8N2S. The monoisotopic (exact) mass is 188 g/mol. The summed E-state index contributed by atoms with van der Waals surface area (Å²) in [6.45, 7) is 0. The fourth-order valence-electron chi connectivity index (χ4n) is 1.11. The Morgan fingerprint density at radius 1 is 1.46 bits per heavy atom. The highest BCUT2D eigenvalue weighted by Crippen LogP contribution is 2.18. The van der Waals surface area contributed by atoms with E-state index in [4.69, 9.17) is 6.42 Å². The number of nitrogens with zero attached hydrogens (tertiary/aromatic N) is 1. The topological polar surface area (TPSA) is 28.7 Å². The maximum Gasteiger partial charge on any atom is 0.167 e. The van der Waals surface area contributed by atoms with E-state index in [9.17, 15) is 0 Å². The van der Waals surface area contributed by atoms with Crippen molar-refractivity contribution in [2.75, 3.05) is 5.75 Å². The molecule has 1 aromatic heterocycles. The summed E-state index contributed by atoms with van der Waals surface area (Å²) >= 11 is 1.54. The Kier molecular flexibility index (Phi) is 2.24. The van der Waals surface area contributed by atoms with Crippen LogP contribution in [0.2, 0.25) is 0 Å². The van der Waals surface area contributed by atoms with Gasteiger partial charge in [-0.05, 0) is 12.1 Å². The molecule has 2 aromatic rings. The van der Waals surface area contributed by atoms with Gasteiger partial charge in [-0.2, -0.15) is 0 Å². The highest BCUT2D eigenvalue weighted by Gasteiger charge is 2.00. The van der Waals surface area contributed by atoms with E-state index in [0.29, 0.717) is 5.75 Å². The minimum atomic E-state index is 0.653. The average molecular weight is 188 g/mol. The predicted octanol–water partition coefficient (Wildman–Crippen LogP) is 2.29. The standard InChI is InChI=1S/C10H8N2S/c1-2-7-13-10-11-8-5-3-4-6-9(8)12-10/h1,3-6H,7H2,(H,11,12). The number of hydrogen-bond acceptors (Lipinski definition) is 2. The van der Waals surface area contributed by atoms with Crippen LogP contribution in [0.15, 0.2) is 29.4 Å². The van der Waals surface area contributed by atoms with Crippen LogP contribution in [0.4, 0.5) is 0 Å². The van der Waals surface area contributed by atoms with Gasteiger partial charge in [0.1, 0.15) is 0 Å². The van der Waals surface area contributed by atoms with Gasteiger partial charge in [0.05, 0.1) is 16.8 Å². The highest BCUT2D eigenvalue weighted by molar-refractivity contribution is 7.99. The summed E-state index contributed by atoms with van der Waals surface area (Å²) < 4.78 is 0. The van der Waals surface area contributed by atoms with Crippen molar-refractivity contribution < 1.29 is 0 Å². The van der Waals surface area contributed by atoms with Crippen molar-refractivity contribution in [2.45, 2.75) is 5.16 Å². The van der Waals surface area contributed by atoms with Crippen molar-refractivity contribution in [3.63, 3.8) is 0 Å². The molecule has 0 aliphatic carbocycles. The average Bonchev–Trinajstić information content (AvgIpc) is 2.57. The van der Waals surface area contributed by atoms with Crippen molar-refractivity contribution in [3.8, 4) is 12.3 Å². The lowest BCUT2D eigenvalue weighted by atomic mass is 10.3. The molecule has 0 fully saturated rings. The number of imidazole rings is 1. The van der Waals surface area contributed by atoms with Gasteiger partial charge < -0.3 is 4.98 Å². The van der Waals surface area contributed by atoms with Crippen LogP contribution in [0.1, 0.15) is 0 Å². The highest BCUT2D eigenvalue weighted by atomic mass is 32.2. The Labute approximate surface area is 80.8 Å². The minimum Gasteiger partial charge on any atom is -0.333 e. The van der Waals surface area contributed by atoms with E-state index in [-0.39, 0.29) is 0 Å². The molecule has 0 atom stereocenters. The number of aromatic nitrogens is 2. The van der Waals surface area contributed by atoms with Gasteiger partial charge in [0.15, 0.2) is 5.16 Å². The molecule has 2 nitrogen and oxygen atoms in total. The number of aromatic amines is 1. The number of benzene rings is 1. The van der Waals surface area contributed by atoms with Gasteiger partial charge in [-0.3, -0.25) is 0 Å². The van der Waals surface area contributed by atoms with Crippen molar-refractivity contribution in [2.24, 2.45) is 0 Å². The molecule has 1 heterocycles. The third kappa shape index (κ3) is 1.68. The van der Waals surface area contributed by atoms with Crippen LogP contribution < -0.4 is 0 Å². The molecule has 0 saturated carbocycles. The molecule has 2 rings (SSSR count). The first-order valence-electron chi connectivity index (χ1n) is 3.91. The van der Waals surface area contributed by atoms with Crippen molar-refractivity contribution >= 4 is 22.8 Å². The maximum atomic E-state index is 5.16. The van der Waals surface area contributed by atoms with E-state index in [0.717, 1.165) is 16.2 Å². The second kappa shape index (κ2) is 3.55. The first-order valence-corrected chi connectivity index (χ1v) is 4.90. The van der Waals surface area contributed by atoms with E-state index >= 15 is 0 Å². The third-order valence-corrected chi connectivity index (χ3v) is 2.44. The SMILES string of the molecule is C#CCSc1nc2ccccc2[nH]1. The molecular weight excluding hydrogens is 180 g/mol. The number of terminal acetylenes is 1. The molecule has 0 amide bonds. The van der Waals surface area contributed by atoms with Gasteiger partial charge in [-0.15, -0.1) is 6.42 Å². The zero-order valence-corrected chi connectivity index (χ0v) is 7.77. The molecule has 0 aliphatic rings. The quantitative estimate of drug-likeness (QED) is 0.578. The molecule has 0 saturated heterocycles. The summed E-state index contributed by atoms with van der Waals surface area (Å²) in [5.41, 5.74) is 2.05. The van der Waals surface area contributed by atoms with Crippen molar-refractivity contribution in [1.29, 1.82) is 0 Å². The zero-order valence-electron chi connectivity index (χ0n) is 6.95. The molecule has 0 spiro atoms. The Bertz CT molecular complexity index is 420. The predicted molar refractivity (Wildman–Crippen MR) is 55.7 cm³/mol. The fraction of sp³-hybridized carbons (Fsp3) is 0.100. The second-order valence-corrected chi connectivity index (χ2v) is 3.52. The number of rotatable bonds is 2. The van der Waals surface area contributed by atoms with Crippen molar-refractivity contribution in [1.82, 2.24) is 9.97 Å². The molecule has 0 bridgehead atoms. The number of nitrogens with one attached hydrogen (secondary N) is 1. The summed E-state index contributed by atoms with van der Waals surface area (Å²) in [6.07, 6.45) is 5.16. The Hall–Kier alpha value is -1.40. The van der Waals surface area contributed by atoms with Crippen LogP contribution >= 0.6 is 11.8 Å². The summed E-state index contributed by atoms with van der Waals surface area (Å²) in [6, 6.07) is 7.93. The largest absolute Gasteiger partial charge is 0.333 e. The van der Waals surface area contributed by atoms with E-state index in [1.807, 2.05) is 24.3 Å². The van der Waals surface area contributed by atoms with Gasteiger partial charge >= 0.3 is 0 Å². The number of H-pyrrole nitrogens is 1. The summed E-state index contributed by atoms with van der Waals surface area (Å²) in [7, 11) is 0. The molecule has 3 heteroatoms. The number of thioether (sulfide) groups is 1. The van der Waals surface area contributed by atoms with Gasteiger partial charge in [-0.1, -0.05) is 29.8 Å². The Morgan fingerprint density at radius 3 is 3.08 bits per heavy atom. The van der Waals surface area contributed by atoms with E-state index in [1.54, 1.807) is 11.8 Å². The Balaban J connectivity index is 2.34. The molecule has 0 aliphatic heterocycles. The van der Waals surface area contributed by atoms with Gasteiger partial charge in [-0.25, -0.2) is 4.98 Å². The molecule has 0 unspecified atom stereocenters. The molecule has 0 radical (unpaired) electrons. The first-order chi connectivity index (χ1) is 6.40. The summed E-state index contributed by atoms with van der Waals surface area (Å²) in [5.74, 6) is 3.22. The number of fused-ring (bicyclic) bond motifs is 1. The molecule has 1 N–H and O–H groups in total. The van der Waals surface area contributed by atoms with E-state index < -0.39 is 0 Å². The second-order valence-electron chi connectivity index (χ2n) is 2.55. The number of para-hydroxylation sites is 2. The van der Waals surface area contributed by atoms with Gasteiger partial charge in [0.2, 0.25) is 0 Å². The van der Waals surface area contributed by atoms with E-state index in [2.05, 4.69) is 15.9 Å². The molecule has 13 heavy (non-hydrogen) atoms. The molecule has 1 aromatic carbocycles. The summed E-state index contributed by atoms with van der Waals surface area (Å²) in [5, 5.41) is 0.888. The third-order valence-electron chi connectivity index (χ3n) is 1.66. The number of hydrogen-bond donors (Lipinski definition) is 1. The first kappa shape index (κ1) is 8.21. The van der Waals surface area contributed by atoms with Crippen LogP contribution in [-0.2, 0) is 0 Å².